The first-order valence-corrected chi connectivity index (χ1v) is 6.12. The van der Waals surface area contributed by atoms with Gasteiger partial charge in [0, 0.05) is 17.3 Å². The quantitative estimate of drug-likeness (QED) is 0.721. The van der Waals surface area contributed by atoms with Gasteiger partial charge in [-0.3, -0.25) is 10.1 Å². The fourth-order valence-electron chi connectivity index (χ4n) is 0.997. The molecular formula is C13H25N3. The summed E-state index contributed by atoms with van der Waals surface area (Å²) in [6, 6.07) is 1.95. The van der Waals surface area contributed by atoms with Crippen LogP contribution in [0.15, 0.2) is 18.5 Å². The number of pyridine rings is 1. The lowest BCUT2D eigenvalue weighted by Gasteiger charge is -1.83. The second-order valence-corrected chi connectivity index (χ2v) is 2.24. The summed E-state index contributed by atoms with van der Waals surface area (Å²) in [6.45, 7) is 14.0. The van der Waals surface area contributed by atoms with Crippen LogP contribution in [0.4, 0.5) is 0 Å². The highest BCUT2D eigenvalue weighted by atomic mass is 15.1. The topological polar surface area (TPSA) is 41.6 Å². The van der Waals surface area contributed by atoms with Gasteiger partial charge in [0.2, 0.25) is 0 Å². The maximum Gasteiger partial charge on any atom is 0.111 e. The van der Waals surface area contributed by atoms with E-state index >= 15 is 0 Å². The molecule has 0 radical (unpaired) electrons. The Bertz CT molecular complexity index is 353. The van der Waals surface area contributed by atoms with Crippen LogP contribution in [0.3, 0.4) is 0 Å². The highest BCUT2D eigenvalue weighted by molar-refractivity contribution is 5.79. The normalized spacial score (nSPS) is 7.69. The summed E-state index contributed by atoms with van der Waals surface area (Å²) in [7, 11) is 0. The van der Waals surface area contributed by atoms with Crippen molar-refractivity contribution < 1.29 is 0 Å². The molecular weight excluding hydrogens is 198 g/mol. The van der Waals surface area contributed by atoms with Crippen molar-refractivity contribution >= 4 is 10.9 Å². The Balaban J connectivity index is 0. The van der Waals surface area contributed by atoms with E-state index in [1.54, 1.807) is 12.4 Å². The minimum atomic E-state index is 0.931. The average molecular weight is 223 g/mol. The van der Waals surface area contributed by atoms with E-state index in [0.717, 1.165) is 16.6 Å². The van der Waals surface area contributed by atoms with E-state index in [1.807, 2.05) is 54.5 Å². The Morgan fingerprint density at radius 2 is 1.56 bits per heavy atom. The molecule has 0 bridgehead atoms. The van der Waals surface area contributed by atoms with Crippen LogP contribution in [0, 0.1) is 6.92 Å². The number of H-pyrrole nitrogens is 1. The lowest BCUT2D eigenvalue weighted by Crippen LogP contribution is -1.70. The standard InChI is InChI=1S/C7H7N3.3C2H6/c1-5-6-2-3-8-4-7(6)10-9-5;3*1-2/h2-4H,1H3,(H,9,10);3*1-2H3. The summed E-state index contributed by atoms with van der Waals surface area (Å²) in [4.78, 5) is 3.94. The van der Waals surface area contributed by atoms with Gasteiger partial charge >= 0.3 is 0 Å². The van der Waals surface area contributed by atoms with Crippen LogP contribution in [0.1, 0.15) is 47.2 Å². The molecule has 92 valence electrons. The maximum absolute atomic E-state index is 4.03. The fourth-order valence-corrected chi connectivity index (χ4v) is 0.997. The predicted molar refractivity (Wildman–Crippen MR) is 72.7 cm³/mol. The third-order valence-electron chi connectivity index (χ3n) is 1.55. The molecule has 2 heterocycles. The van der Waals surface area contributed by atoms with Crippen molar-refractivity contribution in [1.29, 1.82) is 0 Å². The number of rotatable bonds is 0. The number of aryl methyl sites for hydroxylation is 1. The van der Waals surface area contributed by atoms with Gasteiger partial charge in [-0.25, -0.2) is 0 Å². The van der Waals surface area contributed by atoms with Gasteiger partial charge in [0.1, 0.15) is 5.52 Å². The molecule has 3 nitrogen and oxygen atoms in total. The molecule has 0 spiro atoms. The summed E-state index contributed by atoms with van der Waals surface area (Å²) in [5, 5.41) is 8.07. The second-order valence-electron chi connectivity index (χ2n) is 2.24. The molecule has 0 unspecified atom stereocenters. The number of nitrogens with zero attached hydrogens (tertiary/aromatic N) is 2. The monoisotopic (exact) mass is 223 g/mol. The van der Waals surface area contributed by atoms with Gasteiger partial charge in [0.25, 0.3) is 0 Å². The third kappa shape index (κ3) is 4.91. The van der Waals surface area contributed by atoms with Crippen LogP contribution in [0.2, 0.25) is 0 Å². The average Bonchev–Trinajstić information content (AvgIpc) is 2.79. The summed E-state index contributed by atoms with van der Waals surface area (Å²) in [5.74, 6) is 0. The molecule has 0 fully saturated rings. The number of nitrogens with one attached hydrogen (secondary N) is 1. The molecule has 0 amide bonds. The largest absolute Gasteiger partial charge is 0.282 e. The van der Waals surface area contributed by atoms with Crippen molar-refractivity contribution in [3.63, 3.8) is 0 Å². The van der Waals surface area contributed by atoms with E-state index in [9.17, 15) is 0 Å². The second kappa shape index (κ2) is 11.7. The zero-order valence-electron chi connectivity index (χ0n) is 11.6. The molecule has 0 aliphatic rings. The van der Waals surface area contributed by atoms with E-state index < -0.39 is 0 Å². The van der Waals surface area contributed by atoms with E-state index in [0.29, 0.717) is 0 Å². The van der Waals surface area contributed by atoms with Crippen LogP contribution in [0.5, 0.6) is 0 Å². The van der Waals surface area contributed by atoms with Crippen LogP contribution in [0.25, 0.3) is 10.9 Å². The van der Waals surface area contributed by atoms with Crippen molar-refractivity contribution in [3.05, 3.63) is 24.2 Å². The Morgan fingerprint density at radius 3 is 2.06 bits per heavy atom. The predicted octanol–water partition coefficient (Wildman–Crippen LogP) is 4.34. The van der Waals surface area contributed by atoms with E-state index in [4.69, 9.17) is 0 Å². The van der Waals surface area contributed by atoms with Gasteiger partial charge < -0.3 is 0 Å². The maximum atomic E-state index is 4.03. The molecule has 0 aromatic carbocycles. The Kier molecular flexibility index (Phi) is 12.4. The lowest BCUT2D eigenvalue weighted by molar-refractivity contribution is 1.07. The molecule has 2 aromatic rings. The summed E-state index contributed by atoms with van der Waals surface area (Å²) >= 11 is 0. The van der Waals surface area contributed by atoms with Crippen LogP contribution < -0.4 is 0 Å². The number of aromatic nitrogens is 3. The molecule has 16 heavy (non-hydrogen) atoms. The molecule has 2 aromatic heterocycles. The Labute approximate surface area is 99.3 Å². The summed E-state index contributed by atoms with van der Waals surface area (Å²) in [6.07, 6.45) is 3.52. The fraction of sp³-hybridized carbons (Fsp3) is 0.538. The molecule has 0 saturated carbocycles. The molecule has 0 aliphatic heterocycles. The van der Waals surface area contributed by atoms with Gasteiger partial charge in [-0.2, -0.15) is 5.10 Å². The Hall–Kier alpha value is -1.38. The zero-order valence-corrected chi connectivity index (χ0v) is 11.6. The Morgan fingerprint density at radius 1 is 1.00 bits per heavy atom. The van der Waals surface area contributed by atoms with E-state index in [-0.39, 0.29) is 0 Å². The lowest BCUT2D eigenvalue weighted by atomic mass is 10.3. The van der Waals surface area contributed by atoms with Crippen molar-refractivity contribution in [1.82, 2.24) is 15.2 Å². The van der Waals surface area contributed by atoms with E-state index in [1.165, 1.54) is 0 Å². The van der Waals surface area contributed by atoms with Gasteiger partial charge in [0.15, 0.2) is 0 Å². The number of fused-ring (bicyclic) bond motifs is 1. The highest BCUT2D eigenvalue weighted by Crippen LogP contribution is 2.11. The van der Waals surface area contributed by atoms with Crippen molar-refractivity contribution in [3.8, 4) is 0 Å². The SMILES string of the molecule is CC.CC.CC.Cc1[nH]nc2cnccc12. The van der Waals surface area contributed by atoms with Gasteiger partial charge in [-0.1, -0.05) is 41.5 Å². The highest BCUT2D eigenvalue weighted by Gasteiger charge is 1.97. The first-order valence-electron chi connectivity index (χ1n) is 6.12. The van der Waals surface area contributed by atoms with Crippen LogP contribution >= 0.6 is 0 Å². The first-order chi connectivity index (χ1) is 7.88. The van der Waals surface area contributed by atoms with Gasteiger partial charge in [-0.15, -0.1) is 0 Å². The zero-order chi connectivity index (χ0) is 13.0. The van der Waals surface area contributed by atoms with Crippen molar-refractivity contribution in [2.75, 3.05) is 0 Å². The van der Waals surface area contributed by atoms with Gasteiger partial charge in [0.05, 0.1) is 6.20 Å². The van der Waals surface area contributed by atoms with E-state index in [2.05, 4.69) is 15.2 Å². The van der Waals surface area contributed by atoms with Crippen molar-refractivity contribution in [2.45, 2.75) is 48.5 Å². The van der Waals surface area contributed by atoms with Crippen LogP contribution in [-0.4, -0.2) is 15.2 Å². The minimum Gasteiger partial charge on any atom is -0.282 e. The minimum absolute atomic E-state index is 0.931. The summed E-state index contributed by atoms with van der Waals surface area (Å²) < 4.78 is 0. The first kappa shape index (κ1) is 17.0. The number of hydrogen-bond donors (Lipinski definition) is 1. The third-order valence-corrected chi connectivity index (χ3v) is 1.55. The molecule has 3 heteroatoms. The number of aromatic amines is 1. The van der Waals surface area contributed by atoms with Crippen LogP contribution in [-0.2, 0) is 0 Å². The molecule has 0 saturated heterocycles. The van der Waals surface area contributed by atoms with Crippen molar-refractivity contribution in [2.24, 2.45) is 0 Å². The molecule has 1 N–H and O–H groups in total. The molecule has 2 rings (SSSR count). The molecule has 0 aliphatic carbocycles. The number of hydrogen-bond acceptors (Lipinski definition) is 2. The molecule has 0 atom stereocenters. The summed E-state index contributed by atoms with van der Waals surface area (Å²) in [5.41, 5.74) is 2.03. The van der Waals surface area contributed by atoms with Gasteiger partial charge in [-0.05, 0) is 13.0 Å². The smallest absolute Gasteiger partial charge is 0.111 e.